The van der Waals surface area contributed by atoms with Gasteiger partial charge in [-0.15, -0.1) is 0 Å². The van der Waals surface area contributed by atoms with Gasteiger partial charge in [-0.3, -0.25) is 4.79 Å². The molecule has 128 valence electrons. The predicted octanol–water partition coefficient (Wildman–Crippen LogP) is 2.73. The van der Waals surface area contributed by atoms with Crippen LogP contribution >= 0.6 is 0 Å². The average Bonchev–Trinajstić information content (AvgIpc) is 2.49. The van der Waals surface area contributed by atoms with Crippen molar-refractivity contribution in [2.24, 2.45) is 5.92 Å². The standard InChI is InChI=1S/C18H27NO3S/c1-14(2)23(21,22)13-18(20)19-17-11-7-6-10-16(17)12-15-8-4-3-5-9-15/h3-5,8-9,14,16-17H,6-7,10-13H2,1-2H3,(H,19,20)/t16-,17+/m0/s1. The molecule has 0 bridgehead atoms. The van der Waals surface area contributed by atoms with Gasteiger partial charge in [-0.25, -0.2) is 8.42 Å². The molecule has 23 heavy (non-hydrogen) atoms. The molecule has 2 atom stereocenters. The van der Waals surface area contributed by atoms with Crippen LogP contribution in [0.25, 0.3) is 0 Å². The highest BCUT2D eigenvalue weighted by Gasteiger charge is 2.28. The molecule has 0 unspecified atom stereocenters. The van der Waals surface area contributed by atoms with Crippen molar-refractivity contribution in [1.29, 1.82) is 0 Å². The molecule has 2 rings (SSSR count). The fraction of sp³-hybridized carbons (Fsp3) is 0.611. The first kappa shape index (κ1) is 18.0. The highest BCUT2D eigenvalue weighted by molar-refractivity contribution is 7.92. The SMILES string of the molecule is CC(C)S(=O)(=O)CC(=O)N[C@@H]1CCCC[C@H]1Cc1ccccc1. The molecule has 1 aromatic carbocycles. The topological polar surface area (TPSA) is 63.2 Å². The van der Waals surface area contributed by atoms with E-state index in [1.165, 1.54) is 12.0 Å². The molecule has 0 aromatic heterocycles. The lowest BCUT2D eigenvalue weighted by Gasteiger charge is -2.32. The molecule has 1 amide bonds. The number of sulfone groups is 1. The van der Waals surface area contributed by atoms with Crippen LogP contribution in [0.2, 0.25) is 0 Å². The van der Waals surface area contributed by atoms with Crippen LogP contribution in [-0.2, 0) is 21.1 Å². The van der Waals surface area contributed by atoms with E-state index in [2.05, 4.69) is 17.4 Å². The van der Waals surface area contributed by atoms with E-state index in [0.717, 1.165) is 25.7 Å². The van der Waals surface area contributed by atoms with Gasteiger partial charge in [0.2, 0.25) is 5.91 Å². The van der Waals surface area contributed by atoms with E-state index in [4.69, 9.17) is 0 Å². The van der Waals surface area contributed by atoms with Gasteiger partial charge in [0.05, 0.1) is 5.25 Å². The first-order valence-electron chi connectivity index (χ1n) is 8.43. The predicted molar refractivity (Wildman–Crippen MR) is 93.0 cm³/mol. The average molecular weight is 337 g/mol. The molecule has 1 fully saturated rings. The summed E-state index contributed by atoms with van der Waals surface area (Å²) in [6.07, 6.45) is 5.21. The van der Waals surface area contributed by atoms with Gasteiger partial charge in [-0.05, 0) is 44.6 Å². The minimum atomic E-state index is -3.34. The number of hydrogen-bond donors (Lipinski definition) is 1. The van der Waals surface area contributed by atoms with Crippen LogP contribution in [0.15, 0.2) is 30.3 Å². The van der Waals surface area contributed by atoms with E-state index in [0.29, 0.717) is 5.92 Å². The van der Waals surface area contributed by atoms with E-state index in [1.54, 1.807) is 13.8 Å². The van der Waals surface area contributed by atoms with Crippen LogP contribution in [0.1, 0.15) is 45.1 Å². The summed E-state index contributed by atoms with van der Waals surface area (Å²) in [4.78, 5) is 12.1. The fourth-order valence-corrected chi connectivity index (χ4v) is 3.94. The Bertz CT molecular complexity index is 610. The van der Waals surface area contributed by atoms with Crippen LogP contribution in [0.3, 0.4) is 0 Å². The third kappa shape index (κ3) is 5.34. The molecule has 1 aliphatic carbocycles. The van der Waals surface area contributed by atoms with E-state index in [9.17, 15) is 13.2 Å². The highest BCUT2D eigenvalue weighted by Crippen LogP contribution is 2.27. The summed E-state index contributed by atoms with van der Waals surface area (Å²) in [5.41, 5.74) is 1.27. The van der Waals surface area contributed by atoms with Crippen LogP contribution in [-0.4, -0.2) is 31.4 Å². The lowest BCUT2D eigenvalue weighted by molar-refractivity contribution is -0.119. The van der Waals surface area contributed by atoms with Crippen LogP contribution < -0.4 is 5.32 Å². The summed E-state index contributed by atoms with van der Waals surface area (Å²) in [7, 11) is -3.34. The molecule has 5 heteroatoms. The Hall–Kier alpha value is -1.36. The number of amides is 1. The lowest BCUT2D eigenvalue weighted by Crippen LogP contribution is -2.45. The number of nitrogens with one attached hydrogen (secondary N) is 1. The molecular formula is C18H27NO3S. The zero-order valence-corrected chi connectivity index (χ0v) is 14.8. The summed E-state index contributed by atoms with van der Waals surface area (Å²) < 4.78 is 23.8. The Balaban J connectivity index is 1.97. The van der Waals surface area contributed by atoms with Crippen molar-refractivity contribution in [3.63, 3.8) is 0 Å². The van der Waals surface area contributed by atoms with Crippen molar-refractivity contribution in [2.45, 2.75) is 57.2 Å². The minimum absolute atomic E-state index is 0.0822. The minimum Gasteiger partial charge on any atom is -0.352 e. The number of benzene rings is 1. The Morgan fingerprint density at radius 3 is 2.48 bits per heavy atom. The van der Waals surface area contributed by atoms with Gasteiger partial charge in [-0.2, -0.15) is 0 Å². The lowest BCUT2D eigenvalue weighted by atomic mass is 9.80. The summed E-state index contributed by atoms with van der Waals surface area (Å²) in [5, 5.41) is 2.47. The normalized spacial score (nSPS) is 22.0. The molecule has 0 saturated heterocycles. The van der Waals surface area contributed by atoms with Crippen molar-refractivity contribution >= 4 is 15.7 Å². The molecule has 1 N–H and O–H groups in total. The third-order valence-electron chi connectivity index (χ3n) is 4.65. The number of carbonyl (C=O) groups excluding carboxylic acids is 1. The Kier molecular flexibility index (Phi) is 6.22. The molecule has 1 aromatic rings. The molecule has 0 aliphatic heterocycles. The number of carbonyl (C=O) groups is 1. The van der Waals surface area contributed by atoms with Gasteiger partial charge in [-0.1, -0.05) is 43.2 Å². The molecule has 0 radical (unpaired) electrons. The van der Waals surface area contributed by atoms with E-state index in [-0.39, 0.29) is 11.9 Å². The Morgan fingerprint density at radius 2 is 1.83 bits per heavy atom. The summed E-state index contributed by atoms with van der Waals surface area (Å²) >= 11 is 0. The maximum atomic E-state index is 12.1. The maximum Gasteiger partial charge on any atom is 0.235 e. The van der Waals surface area contributed by atoms with Crippen LogP contribution in [0.5, 0.6) is 0 Å². The largest absolute Gasteiger partial charge is 0.352 e. The summed E-state index contributed by atoms with van der Waals surface area (Å²) in [6, 6.07) is 10.4. The van der Waals surface area contributed by atoms with Crippen molar-refractivity contribution in [2.75, 3.05) is 5.75 Å². The number of rotatable bonds is 6. The van der Waals surface area contributed by atoms with Gasteiger partial charge in [0.25, 0.3) is 0 Å². The van der Waals surface area contributed by atoms with E-state index in [1.807, 2.05) is 18.2 Å². The zero-order valence-electron chi connectivity index (χ0n) is 14.0. The van der Waals surface area contributed by atoms with Gasteiger partial charge in [0.15, 0.2) is 9.84 Å². The highest BCUT2D eigenvalue weighted by atomic mass is 32.2. The van der Waals surface area contributed by atoms with Gasteiger partial charge < -0.3 is 5.32 Å². The molecule has 1 saturated carbocycles. The van der Waals surface area contributed by atoms with Crippen LogP contribution in [0.4, 0.5) is 0 Å². The van der Waals surface area contributed by atoms with Gasteiger partial charge in [0.1, 0.15) is 5.75 Å². The number of hydrogen-bond acceptors (Lipinski definition) is 3. The smallest absolute Gasteiger partial charge is 0.235 e. The first-order valence-corrected chi connectivity index (χ1v) is 10.1. The van der Waals surface area contributed by atoms with Crippen molar-refractivity contribution < 1.29 is 13.2 Å². The first-order chi connectivity index (χ1) is 10.9. The third-order valence-corrected chi connectivity index (χ3v) is 6.75. The summed E-state index contributed by atoms with van der Waals surface area (Å²) in [6.45, 7) is 3.23. The van der Waals surface area contributed by atoms with Crippen molar-refractivity contribution in [1.82, 2.24) is 5.32 Å². The fourth-order valence-electron chi connectivity index (χ4n) is 3.16. The monoisotopic (exact) mass is 337 g/mol. The molecule has 0 spiro atoms. The molecule has 0 heterocycles. The second-order valence-electron chi connectivity index (χ2n) is 6.76. The Labute approximate surface area is 139 Å². The quantitative estimate of drug-likeness (QED) is 0.868. The second kappa shape index (κ2) is 7.95. The van der Waals surface area contributed by atoms with E-state index < -0.39 is 20.8 Å². The second-order valence-corrected chi connectivity index (χ2v) is 9.32. The maximum absolute atomic E-state index is 12.1. The van der Waals surface area contributed by atoms with E-state index >= 15 is 0 Å². The summed E-state index contributed by atoms with van der Waals surface area (Å²) in [5.74, 6) is -0.375. The molecule has 4 nitrogen and oxygen atoms in total. The van der Waals surface area contributed by atoms with Gasteiger partial charge >= 0.3 is 0 Å². The zero-order chi connectivity index (χ0) is 16.9. The Morgan fingerprint density at radius 1 is 1.17 bits per heavy atom. The van der Waals surface area contributed by atoms with Crippen molar-refractivity contribution in [3.05, 3.63) is 35.9 Å². The molecule has 1 aliphatic rings. The van der Waals surface area contributed by atoms with Crippen molar-refractivity contribution in [3.8, 4) is 0 Å². The van der Waals surface area contributed by atoms with Gasteiger partial charge in [0, 0.05) is 6.04 Å². The molecular weight excluding hydrogens is 310 g/mol. The van der Waals surface area contributed by atoms with Crippen LogP contribution in [0, 0.1) is 5.92 Å².